The molecule has 6 heteroatoms. The van der Waals surface area contributed by atoms with Gasteiger partial charge in [-0.3, -0.25) is 4.79 Å². The Kier molecular flexibility index (Phi) is 4.48. The maximum Gasteiger partial charge on any atom is 0.251 e. The van der Waals surface area contributed by atoms with Gasteiger partial charge in [-0.2, -0.15) is 0 Å². The molecule has 0 spiro atoms. The second kappa shape index (κ2) is 6.75. The number of hydrogen-bond donors (Lipinski definition) is 2. The Morgan fingerprint density at radius 3 is 2.71 bits per heavy atom. The van der Waals surface area contributed by atoms with Crippen LogP contribution in [0, 0.1) is 0 Å². The summed E-state index contributed by atoms with van der Waals surface area (Å²) in [6.45, 7) is 0. The van der Waals surface area contributed by atoms with Gasteiger partial charge in [-0.1, -0.05) is 23.4 Å². The maximum atomic E-state index is 12.4. The summed E-state index contributed by atoms with van der Waals surface area (Å²) in [5, 5.41) is 7.19. The molecule has 0 saturated carbocycles. The van der Waals surface area contributed by atoms with E-state index in [0.717, 1.165) is 16.2 Å². The van der Waals surface area contributed by atoms with Gasteiger partial charge in [0.2, 0.25) is 0 Å². The lowest BCUT2D eigenvalue weighted by molar-refractivity contribution is 0.0931. The third-order valence-corrected chi connectivity index (χ3v) is 5.87. The van der Waals surface area contributed by atoms with Crippen molar-refractivity contribution < 1.29 is 4.79 Å². The number of hydrogen-bond acceptors (Lipinski definition) is 4. The highest BCUT2D eigenvalue weighted by atomic mass is 35.5. The molecule has 124 valence electrons. The van der Waals surface area contributed by atoms with Gasteiger partial charge in [0, 0.05) is 39.7 Å². The molecule has 3 heterocycles. The van der Waals surface area contributed by atoms with Crippen LogP contribution in [0.4, 0.5) is 0 Å². The van der Waals surface area contributed by atoms with Crippen molar-refractivity contribution in [3.8, 4) is 0 Å². The Bertz CT molecular complexity index is 752. The maximum absolute atomic E-state index is 12.4. The molecule has 1 aromatic carbocycles. The van der Waals surface area contributed by atoms with Gasteiger partial charge in [-0.05, 0) is 55.7 Å². The van der Waals surface area contributed by atoms with Gasteiger partial charge >= 0.3 is 0 Å². The summed E-state index contributed by atoms with van der Waals surface area (Å²) in [4.78, 5) is 18.5. The second-order valence-corrected chi connectivity index (χ2v) is 7.84. The Morgan fingerprint density at radius 1 is 1.21 bits per heavy atom. The smallest absolute Gasteiger partial charge is 0.251 e. The van der Waals surface area contributed by atoms with Crippen molar-refractivity contribution >= 4 is 29.3 Å². The first-order valence-corrected chi connectivity index (χ1v) is 9.33. The molecule has 1 aromatic heterocycles. The van der Waals surface area contributed by atoms with E-state index in [2.05, 4.69) is 15.6 Å². The summed E-state index contributed by atoms with van der Waals surface area (Å²) >= 11 is 7.50. The molecule has 2 aliphatic heterocycles. The van der Waals surface area contributed by atoms with E-state index in [1.165, 1.54) is 12.8 Å². The van der Waals surface area contributed by atoms with Crippen LogP contribution >= 0.6 is 23.4 Å². The van der Waals surface area contributed by atoms with E-state index in [9.17, 15) is 4.79 Å². The lowest BCUT2D eigenvalue weighted by Crippen LogP contribution is -2.42. The van der Waals surface area contributed by atoms with Crippen LogP contribution in [0.15, 0.2) is 52.4 Å². The minimum absolute atomic E-state index is 0.0119. The molecule has 3 unspecified atom stereocenters. The molecular weight excluding hydrogens is 342 g/mol. The van der Waals surface area contributed by atoms with Crippen molar-refractivity contribution in [1.82, 2.24) is 15.6 Å². The number of carbonyl (C=O) groups excluding carboxylic acids is 1. The average Bonchev–Trinajstić information content (AvgIpc) is 3.18. The number of aromatic nitrogens is 1. The number of nitrogens with one attached hydrogen (secondary N) is 2. The highest BCUT2D eigenvalue weighted by molar-refractivity contribution is 7.99. The average molecular weight is 360 g/mol. The van der Waals surface area contributed by atoms with E-state index >= 15 is 0 Å². The fourth-order valence-electron chi connectivity index (χ4n) is 3.49. The standard InChI is InChI=1S/C18H18ClN3OS/c19-17-10-14(7-8-20-17)24-13-4-1-11(2-5-13)18(23)22-16-9-12-3-6-15(16)21-12/h1-2,4-5,7-8,10,12,15-16,21H,3,6,9H2,(H,22,23). The summed E-state index contributed by atoms with van der Waals surface area (Å²) < 4.78 is 0. The zero-order valence-electron chi connectivity index (χ0n) is 13.0. The van der Waals surface area contributed by atoms with Crippen LogP contribution in [0.25, 0.3) is 0 Å². The molecule has 3 atom stereocenters. The number of nitrogens with zero attached hydrogens (tertiary/aromatic N) is 1. The number of amides is 1. The molecule has 2 aliphatic rings. The molecule has 0 radical (unpaired) electrons. The predicted molar refractivity (Wildman–Crippen MR) is 95.6 cm³/mol. The fourth-order valence-corrected chi connectivity index (χ4v) is 4.58. The molecule has 4 rings (SSSR count). The van der Waals surface area contributed by atoms with Gasteiger partial charge in [-0.25, -0.2) is 4.98 Å². The molecule has 2 bridgehead atoms. The Morgan fingerprint density at radius 2 is 2.04 bits per heavy atom. The van der Waals surface area contributed by atoms with Gasteiger partial charge < -0.3 is 10.6 Å². The van der Waals surface area contributed by atoms with Crippen molar-refractivity contribution in [3.05, 3.63) is 53.3 Å². The summed E-state index contributed by atoms with van der Waals surface area (Å²) in [6, 6.07) is 12.7. The minimum Gasteiger partial charge on any atom is -0.348 e. The second-order valence-electron chi connectivity index (χ2n) is 6.30. The third-order valence-electron chi connectivity index (χ3n) is 4.67. The normalized spacial score (nSPS) is 25.0. The number of fused-ring (bicyclic) bond motifs is 2. The first-order valence-electron chi connectivity index (χ1n) is 8.14. The Labute approximate surface area is 150 Å². The molecule has 2 fully saturated rings. The lowest BCUT2D eigenvalue weighted by atomic mass is 9.95. The van der Waals surface area contributed by atoms with Crippen LogP contribution in [-0.4, -0.2) is 29.0 Å². The highest BCUT2D eigenvalue weighted by Gasteiger charge is 2.39. The van der Waals surface area contributed by atoms with Crippen LogP contribution < -0.4 is 10.6 Å². The zero-order chi connectivity index (χ0) is 16.5. The van der Waals surface area contributed by atoms with E-state index in [0.29, 0.717) is 22.8 Å². The van der Waals surface area contributed by atoms with E-state index in [4.69, 9.17) is 11.6 Å². The summed E-state index contributed by atoms with van der Waals surface area (Å²) in [5.41, 5.74) is 0.704. The van der Waals surface area contributed by atoms with Crippen molar-refractivity contribution in [2.45, 2.75) is 47.2 Å². The van der Waals surface area contributed by atoms with Gasteiger partial charge in [0.25, 0.3) is 5.91 Å². The number of halogens is 1. The van der Waals surface area contributed by atoms with Crippen molar-refractivity contribution in [1.29, 1.82) is 0 Å². The fraction of sp³-hybridized carbons (Fsp3) is 0.333. The van der Waals surface area contributed by atoms with Crippen LogP contribution in [0.5, 0.6) is 0 Å². The van der Waals surface area contributed by atoms with Crippen molar-refractivity contribution in [2.24, 2.45) is 0 Å². The Balaban J connectivity index is 1.39. The van der Waals surface area contributed by atoms with Crippen molar-refractivity contribution in [3.63, 3.8) is 0 Å². The minimum atomic E-state index is 0.0119. The molecule has 2 N–H and O–H groups in total. The Hall–Kier alpha value is -1.56. The molecule has 2 aromatic rings. The summed E-state index contributed by atoms with van der Waals surface area (Å²) in [5.74, 6) is 0.0119. The molecule has 4 nitrogen and oxygen atoms in total. The zero-order valence-corrected chi connectivity index (χ0v) is 14.6. The monoisotopic (exact) mass is 359 g/mol. The van der Waals surface area contributed by atoms with E-state index in [-0.39, 0.29) is 11.9 Å². The van der Waals surface area contributed by atoms with Crippen LogP contribution in [0.2, 0.25) is 5.15 Å². The van der Waals surface area contributed by atoms with Crippen molar-refractivity contribution in [2.75, 3.05) is 0 Å². The van der Waals surface area contributed by atoms with Crippen LogP contribution in [0.3, 0.4) is 0 Å². The summed E-state index contributed by atoms with van der Waals surface area (Å²) in [6.07, 6.45) is 5.14. The van der Waals surface area contributed by atoms with E-state index < -0.39 is 0 Å². The first-order chi connectivity index (χ1) is 11.7. The molecular formula is C18H18ClN3OS. The number of benzene rings is 1. The number of carbonyl (C=O) groups is 1. The topological polar surface area (TPSA) is 54.0 Å². The van der Waals surface area contributed by atoms with E-state index in [1.54, 1.807) is 18.0 Å². The predicted octanol–water partition coefficient (Wildman–Crippen LogP) is 3.51. The number of pyridine rings is 1. The molecule has 0 aliphatic carbocycles. The van der Waals surface area contributed by atoms with Gasteiger partial charge in [0.1, 0.15) is 5.15 Å². The molecule has 2 saturated heterocycles. The highest BCUT2D eigenvalue weighted by Crippen LogP contribution is 2.30. The van der Waals surface area contributed by atoms with Crippen LogP contribution in [0.1, 0.15) is 29.6 Å². The van der Waals surface area contributed by atoms with Crippen LogP contribution in [-0.2, 0) is 0 Å². The third kappa shape index (κ3) is 3.43. The first kappa shape index (κ1) is 15.9. The van der Waals surface area contributed by atoms with Gasteiger partial charge in [0.05, 0.1) is 0 Å². The summed E-state index contributed by atoms with van der Waals surface area (Å²) in [7, 11) is 0. The lowest BCUT2D eigenvalue weighted by Gasteiger charge is -2.21. The quantitative estimate of drug-likeness (QED) is 0.820. The van der Waals surface area contributed by atoms with Gasteiger partial charge in [0.15, 0.2) is 0 Å². The van der Waals surface area contributed by atoms with E-state index in [1.807, 2.05) is 36.4 Å². The molecule has 24 heavy (non-hydrogen) atoms. The van der Waals surface area contributed by atoms with Gasteiger partial charge in [-0.15, -0.1) is 0 Å². The number of rotatable bonds is 4. The largest absolute Gasteiger partial charge is 0.348 e. The molecule has 1 amide bonds. The SMILES string of the molecule is O=C(NC1CC2CCC1N2)c1ccc(Sc2ccnc(Cl)c2)cc1.